The highest BCUT2D eigenvalue weighted by molar-refractivity contribution is 5.48. The summed E-state index contributed by atoms with van der Waals surface area (Å²) in [4.78, 5) is 8.45. The molecule has 0 aliphatic heterocycles. The summed E-state index contributed by atoms with van der Waals surface area (Å²) >= 11 is 0. The minimum absolute atomic E-state index is 0.0683. The summed E-state index contributed by atoms with van der Waals surface area (Å²) in [5.74, 6) is -1.23. The quantitative estimate of drug-likeness (QED) is 0.747. The maximum atomic E-state index is 13.4. The van der Waals surface area contributed by atoms with Gasteiger partial charge in [-0.1, -0.05) is 13.3 Å². The number of nitrogens with one attached hydrogen (secondary N) is 1. The van der Waals surface area contributed by atoms with Crippen LogP contribution in [0.25, 0.3) is 0 Å². The van der Waals surface area contributed by atoms with Gasteiger partial charge in [0.05, 0.1) is 6.20 Å². The molecule has 8 heteroatoms. The van der Waals surface area contributed by atoms with E-state index >= 15 is 0 Å². The molecule has 0 fully saturated rings. The van der Waals surface area contributed by atoms with Crippen molar-refractivity contribution in [3.05, 3.63) is 29.5 Å². The topological polar surface area (TPSA) is 64.9 Å². The Morgan fingerprint density at radius 3 is 2.75 bits per heavy atom. The van der Waals surface area contributed by atoms with Crippen LogP contribution in [0, 0.1) is 6.92 Å². The Labute approximate surface area is 140 Å². The number of ether oxygens (including phenoxy) is 1. The first-order chi connectivity index (χ1) is 11.3. The minimum atomic E-state index is -2.94. The van der Waals surface area contributed by atoms with Crippen LogP contribution in [0.2, 0.25) is 0 Å². The van der Waals surface area contributed by atoms with Crippen molar-refractivity contribution in [1.29, 1.82) is 0 Å². The fourth-order valence-electron chi connectivity index (χ4n) is 2.23. The number of unbranched alkanes of at least 4 members (excludes halogenated alkanes) is 1. The van der Waals surface area contributed by atoms with Gasteiger partial charge in [-0.15, -0.1) is 0 Å². The molecule has 2 heterocycles. The van der Waals surface area contributed by atoms with Crippen LogP contribution < -0.4 is 10.1 Å². The molecular formula is C16H23F2N5O. The predicted octanol–water partition coefficient (Wildman–Crippen LogP) is 3.42. The summed E-state index contributed by atoms with van der Waals surface area (Å²) in [6.45, 7) is 5.59. The molecule has 0 radical (unpaired) electrons. The summed E-state index contributed by atoms with van der Waals surface area (Å²) in [6, 6.07) is 1.35. The summed E-state index contributed by atoms with van der Waals surface area (Å²) in [5.41, 5.74) is 0.275. The molecule has 0 amide bonds. The number of alkyl halides is 2. The number of nitrogens with zero attached hydrogens (tertiary/aromatic N) is 4. The molecule has 2 aromatic heterocycles. The van der Waals surface area contributed by atoms with Crippen molar-refractivity contribution in [2.45, 2.75) is 46.1 Å². The number of aromatic nitrogens is 4. The standard InChI is InChI=1S/C16H23F2N5O/c1-5-6-7-19-15-13(9-20-11(2)21-15)24-10-12-8-14(16(3,17)18)23(4)22-12/h8-9H,5-7,10H2,1-4H3,(H,19,20,21). The number of hydrogen-bond acceptors (Lipinski definition) is 5. The Balaban J connectivity index is 2.09. The van der Waals surface area contributed by atoms with Gasteiger partial charge in [-0.3, -0.25) is 4.68 Å². The molecule has 2 rings (SSSR count). The zero-order chi connectivity index (χ0) is 17.7. The lowest BCUT2D eigenvalue weighted by atomic mass is 10.2. The van der Waals surface area contributed by atoms with E-state index in [0.717, 1.165) is 26.3 Å². The lowest BCUT2D eigenvalue weighted by molar-refractivity contribution is 0.00883. The predicted molar refractivity (Wildman–Crippen MR) is 87.3 cm³/mol. The Kier molecular flexibility index (Phi) is 5.69. The summed E-state index contributed by atoms with van der Waals surface area (Å²) in [7, 11) is 1.49. The highest BCUT2D eigenvalue weighted by atomic mass is 19.3. The van der Waals surface area contributed by atoms with Crippen LogP contribution in [0.3, 0.4) is 0 Å². The third-order valence-corrected chi connectivity index (χ3v) is 3.45. The SMILES string of the molecule is CCCCNc1nc(C)ncc1OCc1cc(C(C)(F)F)n(C)n1. The first-order valence-electron chi connectivity index (χ1n) is 7.92. The van der Waals surface area contributed by atoms with E-state index in [-0.39, 0.29) is 12.3 Å². The first kappa shape index (κ1) is 18.1. The van der Waals surface area contributed by atoms with E-state index in [1.807, 2.05) is 0 Å². The number of halogens is 2. The lowest BCUT2D eigenvalue weighted by Crippen LogP contribution is -2.12. The Hall–Kier alpha value is -2.25. The molecule has 1 N–H and O–H groups in total. The van der Waals surface area contributed by atoms with Crippen LogP contribution in [-0.2, 0) is 19.6 Å². The van der Waals surface area contributed by atoms with E-state index < -0.39 is 5.92 Å². The molecule has 0 aromatic carbocycles. The van der Waals surface area contributed by atoms with Gasteiger partial charge in [0.2, 0.25) is 0 Å². The largest absolute Gasteiger partial charge is 0.482 e. The Bertz CT molecular complexity index is 682. The van der Waals surface area contributed by atoms with Gasteiger partial charge in [-0.2, -0.15) is 13.9 Å². The smallest absolute Gasteiger partial charge is 0.286 e. The Morgan fingerprint density at radius 1 is 1.38 bits per heavy atom. The number of rotatable bonds is 8. The second kappa shape index (κ2) is 7.55. The average molecular weight is 339 g/mol. The van der Waals surface area contributed by atoms with Gasteiger partial charge in [-0.25, -0.2) is 9.97 Å². The van der Waals surface area contributed by atoms with Crippen molar-refractivity contribution < 1.29 is 13.5 Å². The molecule has 24 heavy (non-hydrogen) atoms. The molecule has 2 aromatic rings. The maximum absolute atomic E-state index is 13.4. The van der Waals surface area contributed by atoms with Crippen molar-refractivity contribution in [1.82, 2.24) is 19.7 Å². The van der Waals surface area contributed by atoms with Crippen molar-refractivity contribution in [3.63, 3.8) is 0 Å². The van der Waals surface area contributed by atoms with E-state index in [1.165, 1.54) is 17.8 Å². The monoisotopic (exact) mass is 339 g/mol. The molecule has 0 spiro atoms. The first-order valence-corrected chi connectivity index (χ1v) is 7.92. The van der Waals surface area contributed by atoms with E-state index in [1.54, 1.807) is 13.1 Å². The van der Waals surface area contributed by atoms with Gasteiger partial charge in [0, 0.05) is 20.5 Å². The van der Waals surface area contributed by atoms with E-state index in [2.05, 4.69) is 27.3 Å². The molecule has 132 valence electrons. The van der Waals surface area contributed by atoms with Crippen LogP contribution >= 0.6 is 0 Å². The van der Waals surface area contributed by atoms with Crippen LogP contribution in [-0.4, -0.2) is 26.3 Å². The van der Waals surface area contributed by atoms with Crippen LogP contribution in [0.5, 0.6) is 5.75 Å². The molecular weight excluding hydrogens is 316 g/mol. The number of aryl methyl sites for hydroxylation is 2. The third kappa shape index (κ3) is 4.62. The van der Waals surface area contributed by atoms with Crippen LogP contribution in [0.1, 0.15) is 43.9 Å². The van der Waals surface area contributed by atoms with Gasteiger partial charge in [0.25, 0.3) is 5.92 Å². The van der Waals surface area contributed by atoms with Crippen LogP contribution in [0.4, 0.5) is 14.6 Å². The summed E-state index contributed by atoms with van der Waals surface area (Å²) < 4.78 is 33.7. The highest BCUT2D eigenvalue weighted by Gasteiger charge is 2.29. The highest BCUT2D eigenvalue weighted by Crippen LogP contribution is 2.28. The molecule has 0 unspecified atom stereocenters. The van der Waals surface area contributed by atoms with Gasteiger partial charge < -0.3 is 10.1 Å². The zero-order valence-corrected chi connectivity index (χ0v) is 14.4. The average Bonchev–Trinajstić information content (AvgIpc) is 2.88. The molecule has 0 atom stereocenters. The third-order valence-electron chi connectivity index (χ3n) is 3.45. The van der Waals surface area contributed by atoms with Gasteiger partial charge in [-0.05, 0) is 19.4 Å². The molecule has 0 bridgehead atoms. The molecule has 0 aliphatic rings. The minimum Gasteiger partial charge on any atom is -0.482 e. The number of anilines is 1. The molecule has 0 aliphatic carbocycles. The second-order valence-electron chi connectivity index (χ2n) is 5.73. The van der Waals surface area contributed by atoms with Crippen molar-refractivity contribution in [3.8, 4) is 5.75 Å². The molecule has 0 saturated heterocycles. The number of hydrogen-bond donors (Lipinski definition) is 1. The lowest BCUT2D eigenvalue weighted by Gasteiger charge is -2.11. The van der Waals surface area contributed by atoms with Gasteiger partial charge in [0.1, 0.15) is 23.8 Å². The van der Waals surface area contributed by atoms with Crippen molar-refractivity contribution in [2.75, 3.05) is 11.9 Å². The van der Waals surface area contributed by atoms with Crippen LogP contribution in [0.15, 0.2) is 12.3 Å². The van der Waals surface area contributed by atoms with Crippen molar-refractivity contribution >= 4 is 5.82 Å². The van der Waals surface area contributed by atoms with E-state index in [0.29, 0.717) is 23.1 Å². The zero-order valence-electron chi connectivity index (χ0n) is 14.4. The fourth-order valence-corrected chi connectivity index (χ4v) is 2.23. The molecule has 0 saturated carbocycles. The molecule has 6 nitrogen and oxygen atoms in total. The second-order valence-corrected chi connectivity index (χ2v) is 5.73. The van der Waals surface area contributed by atoms with E-state index in [4.69, 9.17) is 4.74 Å². The van der Waals surface area contributed by atoms with E-state index in [9.17, 15) is 8.78 Å². The van der Waals surface area contributed by atoms with Gasteiger partial charge >= 0.3 is 0 Å². The van der Waals surface area contributed by atoms with Crippen molar-refractivity contribution in [2.24, 2.45) is 7.05 Å². The fraction of sp³-hybridized carbons (Fsp3) is 0.562. The summed E-state index contributed by atoms with van der Waals surface area (Å²) in [6.07, 6.45) is 3.65. The maximum Gasteiger partial charge on any atom is 0.286 e. The Morgan fingerprint density at radius 2 is 2.12 bits per heavy atom. The summed E-state index contributed by atoms with van der Waals surface area (Å²) in [5, 5.41) is 7.28. The normalized spacial score (nSPS) is 11.6. The van der Waals surface area contributed by atoms with Gasteiger partial charge in [0.15, 0.2) is 11.6 Å².